The SMILES string of the molecule is CC1(C)CC2(CSSC2)C1. The first-order valence-electron chi connectivity index (χ1n) is 3.87. The van der Waals surface area contributed by atoms with Crippen LogP contribution >= 0.6 is 21.6 Å². The summed E-state index contributed by atoms with van der Waals surface area (Å²) in [5, 5.41) is 0. The second kappa shape index (κ2) is 2.10. The molecule has 2 heteroatoms. The Hall–Kier alpha value is 0.700. The van der Waals surface area contributed by atoms with E-state index in [0.29, 0.717) is 5.41 Å². The maximum Gasteiger partial charge on any atom is 0.0102 e. The molecule has 0 aromatic carbocycles. The van der Waals surface area contributed by atoms with Gasteiger partial charge in [0.25, 0.3) is 0 Å². The molecule has 2 aliphatic rings. The molecule has 0 aromatic heterocycles. The summed E-state index contributed by atoms with van der Waals surface area (Å²) in [6.45, 7) is 4.79. The van der Waals surface area contributed by atoms with Crippen molar-refractivity contribution in [1.82, 2.24) is 0 Å². The fourth-order valence-corrected chi connectivity index (χ4v) is 5.97. The highest BCUT2D eigenvalue weighted by atomic mass is 33.1. The van der Waals surface area contributed by atoms with Gasteiger partial charge in [0.2, 0.25) is 0 Å². The molecule has 0 bridgehead atoms. The Kier molecular flexibility index (Phi) is 1.54. The lowest BCUT2D eigenvalue weighted by molar-refractivity contribution is 0.0303. The lowest BCUT2D eigenvalue weighted by atomic mass is 9.56. The lowest BCUT2D eigenvalue weighted by Crippen LogP contribution is -2.44. The molecule has 2 rings (SSSR count). The maximum absolute atomic E-state index is 2.39. The van der Waals surface area contributed by atoms with Crippen molar-refractivity contribution in [3.05, 3.63) is 0 Å². The zero-order valence-electron chi connectivity index (χ0n) is 6.64. The van der Waals surface area contributed by atoms with Crippen LogP contribution in [-0.2, 0) is 0 Å². The molecule has 0 radical (unpaired) electrons. The topological polar surface area (TPSA) is 0 Å². The minimum Gasteiger partial charge on any atom is -0.0935 e. The van der Waals surface area contributed by atoms with Gasteiger partial charge in [0, 0.05) is 11.5 Å². The van der Waals surface area contributed by atoms with Crippen LogP contribution in [0.3, 0.4) is 0 Å². The van der Waals surface area contributed by atoms with Crippen LogP contribution in [0.25, 0.3) is 0 Å². The minimum atomic E-state index is 0.672. The van der Waals surface area contributed by atoms with Crippen LogP contribution in [0.15, 0.2) is 0 Å². The highest BCUT2D eigenvalue weighted by Crippen LogP contribution is 2.61. The van der Waals surface area contributed by atoms with Crippen LogP contribution in [-0.4, -0.2) is 11.5 Å². The van der Waals surface area contributed by atoms with Crippen LogP contribution < -0.4 is 0 Å². The fourth-order valence-electron chi connectivity index (χ4n) is 2.56. The van der Waals surface area contributed by atoms with Gasteiger partial charge in [-0.25, -0.2) is 0 Å². The van der Waals surface area contributed by atoms with E-state index in [4.69, 9.17) is 0 Å². The van der Waals surface area contributed by atoms with E-state index < -0.39 is 0 Å². The van der Waals surface area contributed by atoms with Crippen LogP contribution in [0.4, 0.5) is 0 Å². The third-order valence-corrected chi connectivity index (χ3v) is 5.35. The highest BCUT2D eigenvalue weighted by molar-refractivity contribution is 8.77. The van der Waals surface area contributed by atoms with Crippen LogP contribution in [0.5, 0.6) is 0 Å². The molecule has 0 N–H and O–H groups in total. The molecule has 10 heavy (non-hydrogen) atoms. The van der Waals surface area contributed by atoms with Crippen LogP contribution in [0, 0.1) is 10.8 Å². The molecular formula is C8H14S2. The van der Waals surface area contributed by atoms with Crippen molar-refractivity contribution in [1.29, 1.82) is 0 Å². The number of hydrogen-bond acceptors (Lipinski definition) is 2. The molecule has 1 heterocycles. The van der Waals surface area contributed by atoms with Crippen LogP contribution in [0.2, 0.25) is 0 Å². The summed E-state index contributed by atoms with van der Waals surface area (Å²) >= 11 is 0. The standard InChI is InChI=1S/C8H14S2/c1-7(2)3-8(4-7)5-9-10-6-8/h3-6H2,1-2H3. The first-order valence-corrected chi connectivity index (χ1v) is 6.35. The van der Waals surface area contributed by atoms with Gasteiger partial charge in [-0.3, -0.25) is 0 Å². The Morgan fingerprint density at radius 2 is 1.50 bits per heavy atom. The summed E-state index contributed by atoms with van der Waals surface area (Å²) < 4.78 is 0. The molecule has 58 valence electrons. The van der Waals surface area contributed by atoms with Gasteiger partial charge >= 0.3 is 0 Å². The molecular weight excluding hydrogens is 160 g/mol. The van der Waals surface area contributed by atoms with Gasteiger partial charge in [0.15, 0.2) is 0 Å². The average molecular weight is 174 g/mol. The zero-order chi connectivity index (χ0) is 7.24. The molecule has 1 aliphatic heterocycles. The number of rotatable bonds is 0. The zero-order valence-corrected chi connectivity index (χ0v) is 8.28. The van der Waals surface area contributed by atoms with E-state index in [2.05, 4.69) is 35.4 Å². The van der Waals surface area contributed by atoms with Crippen molar-refractivity contribution in [3.8, 4) is 0 Å². The van der Waals surface area contributed by atoms with Gasteiger partial charge in [-0.2, -0.15) is 0 Å². The molecule has 0 aromatic rings. The summed E-state index contributed by atoms with van der Waals surface area (Å²) in [6.07, 6.45) is 2.94. The van der Waals surface area contributed by atoms with Gasteiger partial charge in [0.1, 0.15) is 0 Å². The summed E-state index contributed by atoms with van der Waals surface area (Å²) in [6, 6.07) is 0. The van der Waals surface area contributed by atoms with Gasteiger partial charge in [-0.1, -0.05) is 35.4 Å². The highest BCUT2D eigenvalue weighted by Gasteiger charge is 2.50. The quantitative estimate of drug-likeness (QED) is 0.517. The third-order valence-electron chi connectivity index (χ3n) is 2.52. The molecule has 0 atom stereocenters. The lowest BCUT2D eigenvalue weighted by Gasteiger charge is -2.50. The van der Waals surface area contributed by atoms with Crippen molar-refractivity contribution in [3.63, 3.8) is 0 Å². The Labute approximate surface area is 70.9 Å². The van der Waals surface area contributed by atoms with Gasteiger partial charge < -0.3 is 0 Å². The largest absolute Gasteiger partial charge is 0.0935 e. The third kappa shape index (κ3) is 1.10. The summed E-state index contributed by atoms with van der Waals surface area (Å²) in [7, 11) is 4.15. The van der Waals surface area contributed by atoms with Crippen molar-refractivity contribution >= 4 is 21.6 Å². The average Bonchev–Trinajstić information content (AvgIpc) is 2.10. The second-order valence-electron chi connectivity index (χ2n) is 4.54. The molecule has 2 fully saturated rings. The molecule has 1 saturated carbocycles. The first-order chi connectivity index (χ1) is 4.62. The van der Waals surface area contributed by atoms with Crippen molar-refractivity contribution in [2.24, 2.45) is 10.8 Å². The van der Waals surface area contributed by atoms with E-state index in [-0.39, 0.29) is 0 Å². The smallest absolute Gasteiger partial charge is 0.0102 e. The van der Waals surface area contributed by atoms with Gasteiger partial charge in [-0.05, 0) is 23.7 Å². The summed E-state index contributed by atoms with van der Waals surface area (Å²) in [5.74, 6) is 2.84. The molecule has 1 saturated heterocycles. The normalized spacial score (nSPS) is 34.2. The predicted octanol–water partition coefficient (Wildman–Crippen LogP) is 3.19. The van der Waals surface area contributed by atoms with Crippen molar-refractivity contribution in [2.45, 2.75) is 26.7 Å². The summed E-state index contributed by atoms with van der Waals surface area (Å²) in [4.78, 5) is 0. The molecule has 0 amide bonds. The van der Waals surface area contributed by atoms with E-state index in [9.17, 15) is 0 Å². The number of hydrogen-bond donors (Lipinski definition) is 0. The Morgan fingerprint density at radius 3 is 1.90 bits per heavy atom. The van der Waals surface area contributed by atoms with E-state index >= 15 is 0 Å². The molecule has 0 unspecified atom stereocenters. The van der Waals surface area contributed by atoms with E-state index in [0.717, 1.165) is 5.41 Å². The fraction of sp³-hybridized carbons (Fsp3) is 1.00. The molecule has 1 aliphatic carbocycles. The summed E-state index contributed by atoms with van der Waals surface area (Å²) in [5.41, 5.74) is 1.45. The Morgan fingerprint density at radius 1 is 1.00 bits per heavy atom. The Balaban J connectivity index is 1.98. The van der Waals surface area contributed by atoms with E-state index in [1.54, 1.807) is 0 Å². The Bertz CT molecular complexity index is 135. The van der Waals surface area contributed by atoms with Crippen LogP contribution in [0.1, 0.15) is 26.7 Å². The predicted molar refractivity (Wildman–Crippen MR) is 50.4 cm³/mol. The van der Waals surface area contributed by atoms with Crippen molar-refractivity contribution < 1.29 is 0 Å². The van der Waals surface area contributed by atoms with Crippen molar-refractivity contribution in [2.75, 3.05) is 11.5 Å². The van der Waals surface area contributed by atoms with E-state index in [1.165, 1.54) is 24.3 Å². The maximum atomic E-state index is 2.39. The second-order valence-corrected chi connectivity index (χ2v) is 7.01. The van der Waals surface area contributed by atoms with Gasteiger partial charge in [0.05, 0.1) is 0 Å². The van der Waals surface area contributed by atoms with E-state index in [1.807, 2.05) is 0 Å². The molecule has 0 nitrogen and oxygen atoms in total. The monoisotopic (exact) mass is 174 g/mol. The molecule has 1 spiro atoms. The first kappa shape index (κ1) is 7.35. The van der Waals surface area contributed by atoms with Gasteiger partial charge in [-0.15, -0.1) is 0 Å². The minimum absolute atomic E-state index is 0.672.